The molecule has 2 unspecified atom stereocenters. The molecule has 0 saturated carbocycles. The van der Waals surface area contributed by atoms with Crippen LogP contribution >= 0.6 is 0 Å². The molecule has 0 aromatic heterocycles. The zero-order valence-corrected chi connectivity index (χ0v) is 19.4. The van der Waals surface area contributed by atoms with Gasteiger partial charge in [-0.2, -0.15) is 0 Å². The quantitative estimate of drug-likeness (QED) is 0.517. The zero-order valence-electron chi connectivity index (χ0n) is 19.4. The number of carbonyl (C=O) groups is 3. The number of hydrogen-bond acceptors (Lipinski definition) is 5. The summed E-state index contributed by atoms with van der Waals surface area (Å²) in [6, 6.07) is 18.5. The fourth-order valence-electron chi connectivity index (χ4n) is 4.43. The van der Waals surface area contributed by atoms with E-state index in [1.54, 1.807) is 65.6 Å². The smallest absolute Gasteiger partial charge is 0.339 e. The number of rotatable bonds is 7. The van der Waals surface area contributed by atoms with Crippen LogP contribution in [0.3, 0.4) is 0 Å². The molecule has 1 aliphatic heterocycles. The van der Waals surface area contributed by atoms with Gasteiger partial charge in [0, 0.05) is 19.2 Å². The van der Waals surface area contributed by atoms with Crippen molar-refractivity contribution in [3.05, 3.63) is 101 Å². The third-order valence-corrected chi connectivity index (χ3v) is 6.06. The number of benzene rings is 3. The number of para-hydroxylation sites is 1. The van der Waals surface area contributed by atoms with Crippen LogP contribution in [0.15, 0.2) is 72.8 Å². The zero-order chi connectivity index (χ0) is 24.9. The van der Waals surface area contributed by atoms with Crippen LogP contribution in [0, 0.1) is 5.82 Å². The minimum absolute atomic E-state index is 0.207. The number of esters is 1. The first-order valence-corrected chi connectivity index (χ1v) is 11.1. The van der Waals surface area contributed by atoms with Gasteiger partial charge >= 0.3 is 5.97 Å². The first-order valence-electron chi connectivity index (χ1n) is 11.1. The number of nitrogens with zero attached hydrogens (tertiary/aromatic N) is 1. The molecule has 0 saturated heterocycles. The summed E-state index contributed by atoms with van der Waals surface area (Å²) in [7, 11) is 2.80. The molecule has 2 atom stereocenters. The predicted octanol–water partition coefficient (Wildman–Crippen LogP) is 4.18. The number of hydrogen-bond donors (Lipinski definition) is 1. The van der Waals surface area contributed by atoms with Gasteiger partial charge in [0.05, 0.1) is 36.9 Å². The van der Waals surface area contributed by atoms with Crippen LogP contribution in [0.25, 0.3) is 0 Å². The van der Waals surface area contributed by atoms with Crippen molar-refractivity contribution in [2.24, 2.45) is 0 Å². The van der Waals surface area contributed by atoms with Crippen molar-refractivity contribution in [2.75, 3.05) is 32.7 Å². The summed E-state index contributed by atoms with van der Waals surface area (Å²) in [5.74, 6) is -2.51. The summed E-state index contributed by atoms with van der Waals surface area (Å²) in [5, 5.41) is 2.86. The Hall–Kier alpha value is -4.04. The van der Waals surface area contributed by atoms with Gasteiger partial charge in [-0.1, -0.05) is 42.5 Å². The van der Waals surface area contributed by atoms with Gasteiger partial charge in [0.1, 0.15) is 5.82 Å². The van der Waals surface area contributed by atoms with Crippen LogP contribution in [0.1, 0.15) is 43.8 Å². The van der Waals surface area contributed by atoms with E-state index in [2.05, 4.69) is 5.32 Å². The Morgan fingerprint density at radius 3 is 2.37 bits per heavy atom. The molecule has 3 aromatic carbocycles. The van der Waals surface area contributed by atoms with E-state index >= 15 is 0 Å². The maximum Gasteiger partial charge on any atom is 0.339 e. The second-order valence-electron chi connectivity index (χ2n) is 8.08. The van der Waals surface area contributed by atoms with Crippen molar-refractivity contribution in [3.8, 4) is 0 Å². The van der Waals surface area contributed by atoms with Crippen molar-refractivity contribution < 1.29 is 28.2 Å². The summed E-state index contributed by atoms with van der Waals surface area (Å²) < 4.78 is 23.8. The predicted molar refractivity (Wildman–Crippen MR) is 128 cm³/mol. The van der Waals surface area contributed by atoms with Crippen LogP contribution in [-0.4, -0.2) is 50.1 Å². The molecule has 0 spiro atoms. The summed E-state index contributed by atoms with van der Waals surface area (Å²) in [6.07, 6.45) is 0. The molecular formula is C27H25FN2O5. The topological polar surface area (TPSA) is 84.9 Å². The second kappa shape index (κ2) is 10.5. The van der Waals surface area contributed by atoms with Gasteiger partial charge in [0.25, 0.3) is 5.91 Å². The molecule has 7 nitrogen and oxygen atoms in total. The molecule has 2 amide bonds. The van der Waals surface area contributed by atoms with Crippen molar-refractivity contribution in [1.29, 1.82) is 0 Å². The van der Waals surface area contributed by atoms with Crippen molar-refractivity contribution in [2.45, 2.75) is 12.0 Å². The largest absolute Gasteiger partial charge is 0.465 e. The molecule has 1 N–H and O–H groups in total. The number of amides is 2. The highest BCUT2D eigenvalue weighted by Gasteiger charge is 2.44. The molecule has 8 heteroatoms. The third kappa shape index (κ3) is 4.79. The minimum Gasteiger partial charge on any atom is -0.465 e. The van der Waals surface area contributed by atoms with Gasteiger partial charge in [0.15, 0.2) is 0 Å². The molecular weight excluding hydrogens is 451 g/mol. The van der Waals surface area contributed by atoms with E-state index in [1.807, 2.05) is 0 Å². The Labute approximate surface area is 202 Å². The van der Waals surface area contributed by atoms with Gasteiger partial charge in [0.2, 0.25) is 5.91 Å². The number of nitrogens with one attached hydrogen (secondary N) is 1. The molecule has 0 aliphatic carbocycles. The maximum atomic E-state index is 13.9. The van der Waals surface area contributed by atoms with E-state index < -0.39 is 29.7 Å². The summed E-state index contributed by atoms with van der Waals surface area (Å²) in [6.45, 7) is 0.485. The van der Waals surface area contributed by atoms with Gasteiger partial charge in [-0.25, -0.2) is 9.18 Å². The first-order chi connectivity index (χ1) is 17.0. The number of methoxy groups -OCH3 is 2. The molecule has 35 heavy (non-hydrogen) atoms. The number of ether oxygens (including phenoxy) is 2. The lowest BCUT2D eigenvalue weighted by Gasteiger charge is -2.41. The fraction of sp³-hybridized carbons (Fsp3) is 0.222. The van der Waals surface area contributed by atoms with Crippen molar-refractivity contribution >= 4 is 23.5 Å². The van der Waals surface area contributed by atoms with E-state index in [0.717, 1.165) is 0 Å². The van der Waals surface area contributed by atoms with Crippen LogP contribution < -0.4 is 5.32 Å². The van der Waals surface area contributed by atoms with Gasteiger partial charge in [-0.05, 0) is 41.5 Å². The lowest BCUT2D eigenvalue weighted by Crippen LogP contribution is -2.47. The Kier molecular flexibility index (Phi) is 7.22. The lowest BCUT2D eigenvalue weighted by molar-refractivity contribution is -0.119. The van der Waals surface area contributed by atoms with Gasteiger partial charge in [-0.15, -0.1) is 0 Å². The van der Waals surface area contributed by atoms with Crippen molar-refractivity contribution in [3.63, 3.8) is 0 Å². The normalized spacial score (nSPS) is 17.0. The highest BCUT2D eigenvalue weighted by Crippen LogP contribution is 2.43. The first kappa shape index (κ1) is 24.1. The number of fused-ring (bicyclic) bond motifs is 1. The summed E-state index contributed by atoms with van der Waals surface area (Å²) in [4.78, 5) is 41.2. The number of anilines is 1. The van der Waals surface area contributed by atoms with E-state index in [1.165, 1.54) is 26.4 Å². The average Bonchev–Trinajstić information content (AvgIpc) is 2.88. The highest BCUT2D eigenvalue weighted by atomic mass is 19.1. The number of carbonyl (C=O) groups excluding carboxylic acids is 3. The fourth-order valence-corrected chi connectivity index (χ4v) is 4.43. The minimum atomic E-state index is -0.836. The van der Waals surface area contributed by atoms with Gasteiger partial charge in [-0.3, -0.25) is 9.59 Å². The second-order valence-corrected chi connectivity index (χ2v) is 8.08. The van der Waals surface area contributed by atoms with Crippen LogP contribution in [-0.2, 0) is 14.3 Å². The van der Waals surface area contributed by atoms with E-state index in [4.69, 9.17) is 9.47 Å². The molecule has 0 bridgehead atoms. The van der Waals surface area contributed by atoms with Crippen LogP contribution in [0.4, 0.5) is 10.1 Å². The van der Waals surface area contributed by atoms with E-state index in [9.17, 15) is 18.8 Å². The molecule has 3 aromatic rings. The molecule has 4 rings (SSSR count). The molecule has 180 valence electrons. The monoisotopic (exact) mass is 476 g/mol. The summed E-state index contributed by atoms with van der Waals surface area (Å²) in [5.41, 5.74) is 2.06. The molecule has 1 aliphatic rings. The Bertz CT molecular complexity index is 1240. The molecule has 0 fully saturated rings. The summed E-state index contributed by atoms with van der Waals surface area (Å²) >= 11 is 0. The van der Waals surface area contributed by atoms with E-state index in [-0.39, 0.29) is 24.6 Å². The highest BCUT2D eigenvalue weighted by molar-refractivity contribution is 6.06. The maximum absolute atomic E-state index is 13.9. The molecule has 1 heterocycles. The average molecular weight is 477 g/mol. The third-order valence-electron chi connectivity index (χ3n) is 6.06. The standard InChI is InChI=1S/C27H25FN2O5/c1-34-16-15-30-24(17-11-13-18(28)14-12-17)23(19-7-3-4-8-20(19)26(30)32)25(31)29-22-10-6-5-9-21(22)27(33)35-2/h3-14,23-24H,15-16H2,1-2H3,(H,29,31). The Morgan fingerprint density at radius 2 is 1.66 bits per heavy atom. The van der Waals surface area contributed by atoms with Gasteiger partial charge < -0.3 is 19.7 Å². The molecule has 0 radical (unpaired) electrons. The van der Waals surface area contributed by atoms with Crippen LogP contribution in [0.5, 0.6) is 0 Å². The number of halogens is 1. The van der Waals surface area contributed by atoms with Crippen LogP contribution in [0.2, 0.25) is 0 Å². The Morgan fingerprint density at radius 1 is 0.971 bits per heavy atom. The SMILES string of the molecule is COCCN1C(=O)c2ccccc2C(C(=O)Nc2ccccc2C(=O)OC)C1c1ccc(F)cc1. The Balaban J connectivity index is 1.83. The van der Waals surface area contributed by atoms with E-state index in [0.29, 0.717) is 22.4 Å². The van der Waals surface area contributed by atoms with Crippen molar-refractivity contribution in [1.82, 2.24) is 4.90 Å². The lowest BCUT2D eigenvalue weighted by atomic mass is 9.79.